The van der Waals surface area contributed by atoms with E-state index in [1.165, 1.54) is 19.3 Å². The summed E-state index contributed by atoms with van der Waals surface area (Å²) in [6.45, 7) is 6.88. The van der Waals surface area contributed by atoms with Crippen molar-refractivity contribution in [1.82, 2.24) is 19.6 Å². The molecule has 0 atom stereocenters. The van der Waals surface area contributed by atoms with Crippen molar-refractivity contribution in [3.8, 4) is 5.75 Å². The second-order valence-corrected chi connectivity index (χ2v) is 8.84. The monoisotopic (exact) mass is 434 g/mol. The Hall–Kier alpha value is -1.83. The summed E-state index contributed by atoms with van der Waals surface area (Å²) in [6.07, 6.45) is 3.99. The SMILES string of the molecule is O=C(COc1ccc(Cl)cc1)N1CCN(CC(=O)N2CCN(C3CCC3)CC2)CC1. The third-order valence-electron chi connectivity index (χ3n) is 6.52. The Bertz CT molecular complexity index is 724. The Kier molecular flexibility index (Phi) is 7.12. The molecule has 0 spiro atoms. The summed E-state index contributed by atoms with van der Waals surface area (Å²) >= 11 is 5.86. The van der Waals surface area contributed by atoms with Gasteiger partial charge in [0.15, 0.2) is 6.61 Å². The number of hydrogen-bond donors (Lipinski definition) is 0. The Morgan fingerprint density at radius 1 is 0.867 bits per heavy atom. The molecule has 1 aliphatic carbocycles. The maximum Gasteiger partial charge on any atom is 0.260 e. The minimum absolute atomic E-state index is 0.0197. The molecule has 0 bridgehead atoms. The van der Waals surface area contributed by atoms with Gasteiger partial charge in [0.2, 0.25) is 5.91 Å². The molecule has 3 fully saturated rings. The zero-order valence-corrected chi connectivity index (χ0v) is 18.2. The molecule has 0 N–H and O–H groups in total. The Morgan fingerprint density at radius 3 is 2.07 bits per heavy atom. The highest BCUT2D eigenvalue weighted by atomic mass is 35.5. The highest BCUT2D eigenvalue weighted by molar-refractivity contribution is 6.30. The van der Waals surface area contributed by atoms with E-state index in [1.807, 2.05) is 9.80 Å². The van der Waals surface area contributed by atoms with Crippen molar-refractivity contribution in [3.63, 3.8) is 0 Å². The molecule has 2 saturated heterocycles. The van der Waals surface area contributed by atoms with Crippen LogP contribution in [0.1, 0.15) is 19.3 Å². The van der Waals surface area contributed by atoms with E-state index >= 15 is 0 Å². The summed E-state index contributed by atoms with van der Waals surface area (Å²) in [5.74, 6) is 0.825. The van der Waals surface area contributed by atoms with Crippen LogP contribution in [0.3, 0.4) is 0 Å². The van der Waals surface area contributed by atoms with Crippen LogP contribution in [0.25, 0.3) is 0 Å². The molecule has 164 valence electrons. The lowest BCUT2D eigenvalue weighted by Gasteiger charge is -2.43. The van der Waals surface area contributed by atoms with E-state index in [2.05, 4.69) is 9.80 Å². The molecule has 1 saturated carbocycles. The Labute approximate surface area is 183 Å². The first-order valence-electron chi connectivity index (χ1n) is 11.0. The number of benzene rings is 1. The summed E-state index contributed by atoms with van der Waals surface area (Å²) in [6, 6.07) is 7.75. The molecule has 0 radical (unpaired) electrons. The topological polar surface area (TPSA) is 56.3 Å². The lowest BCUT2D eigenvalue weighted by molar-refractivity contribution is -0.137. The number of amides is 2. The van der Waals surface area contributed by atoms with Gasteiger partial charge in [0.25, 0.3) is 5.91 Å². The summed E-state index contributed by atoms with van der Waals surface area (Å²) in [7, 11) is 0. The highest BCUT2D eigenvalue weighted by Gasteiger charge is 2.30. The van der Waals surface area contributed by atoms with Gasteiger partial charge in [0.05, 0.1) is 6.54 Å². The number of carbonyl (C=O) groups is 2. The van der Waals surface area contributed by atoms with Crippen molar-refractivity contribution in [2.24, 2.45) is 0 Å². The standard InChI is InChI=1S/C22H31ClN4O3/c23-18-4-6-20(7-5-18)30-17-22(29)27-10-8-24(9-11-27)16-21(28)26-14-12-25(13-15-26)19-2-1-3-19/h4-7,19H,1-3,8-17H2. The van der Waals surface area contributed by atoms with Gasteiger partial charge in [-0.25, -0.2) is 0 Å². The first-order valence-corrected chi connectivity index (χ1v) is 11.4. The van der Waals surface area contributed by atoms with E-state index in [0.29, 0.717) is 30.4 Å². The van der Waals surface area contributed by atoms with E-state index in [-0.39, 0.29) is 18.4 Å². The molecule has 0 unspecified atom stereocenters. The molecule has 3 aliphatic rings. The third-order valence-corrected chi connectivity index (χ3v) is 6.77. The van der Waals surface area contributed by atoms with Crippen LogP contribution in [0.15, 0.2) is 24.3 Å². The molecule has 2 aliphatic heterocycles. The molecule has 1 aromatic carbocycles. The van der Waals surface area contributed by atoms with Gasteiger partial charge in [0.1, 0.15) is 5.75 Å². The second-order valence-electron chi connectivity index (χ2n) is 8.40. The van der Waals surface area contributed by atoms with Crippen LogP contribution in [0.5, 0.6) is 5.75 Å². The molecular formula is C22H31ClN4O3. The zero-order chi connectivity index (χ0) is 20.9. The van der Waals surface area contributed by atoms with Gasteiger partial charge in [-0.2, -0.15) is 0 Å². The number of carbonyl (C=O) groups excluding carboxylic acids is 2. The zero-order valence-electron chi connectivity index (χ0n) is 17.5. The van der Waals surface area contributed by atoms with Crippen molar-refractivity contribution >= 4 is 23.4 Å². The molecule has 0 aromatic heterocycles. The minimum atomic E-state index is -0.0250. The van der Waals surface area contributed by atoms with Crippen molar-refractivity contribution < 1.29 is 14.3 Å². The van der Waals surface area contributed by atoms with Gasteiger partial charge in [-0.1, -0.05) is 18.0 Å². The Morgan fingerprint density at radius 2 is 1.47 bits per heavy atom. The average molecular weight is 435 g/mol. The molecule has 7 nitrogen and oxygen atoms in total. The quantitative estimate of drug-likeness (QED) is 0.680. The number of piperazine rings is 2. The molecule has 2 heterocycles. The van der Waals surface area contributed by atoms with Crippen molar-refractivity contribution in [2.45, 2.75) is 25.3 Å². The van der Waals surface area contributed by atoms with Crippen LogP contribution >= 0.6 is 11.6 Å². The van der Waals surface area contributed by atoms with Crippen molar-refractivity contribution in [2.75, 3.05) is 65.5 Å². The highest BCUT2D eigenvalue weighted by Crippen LogP contribution is 2.25. The normalized spacial score (nSPS) is 21.4. The van der Waals surface area contributed by atoms with Gasteiger partial charge in [-0.05, 0) is 37.1 Å². The third kappa shape index (κ3) is 5.45. The van der Waals surface area contributed by atoms with E-state index < -0.39 is 0 Å². The first-order chi connectivity index (χ1) is 14.6. The summed E-state index contributed by atoms with van der Waals surface area (Å²) < 4.78 is 5.56. The number of nitrogens with zero attached hydrogens (tertiary/aromatic N) is 4. The molecule has 1 aromatic rings. The van der Waals surface area contributed by atoms with E-state index in [0.717, 1.165) is 45.3 Å². The molecule has 2 amide bonds. The molecule has 8 heteroatoms. The fourth-order valence-electron chi connectivity index (χ4n) is 4.30. The largest absolute Gasteiger partial charge is 0.484 e. The summed E-state index contributed by atoms with van der Waals surface area (Å²) in [5.41, 5.74) is 0. The second kappa shape index (κ2) is 9.98. The maximum atomic E-state index is 12.7. The number of rotatable bonds is 6. The predicted molar refractivity (Wildman–Crippen MR) is 116 cm³/mol. The maximum absolute atomic E-state index is 12.7. The van der Waals surface area contributed by atoms with Crippen molar-refractivity contribution in [3.05, 3.63) is 29.3 Å². The Balaban J connectivity index is 1.14. The van der Waals surface area contributed by atoms with E-state index in [4.69, 9.17) is 16.3 Å². The van der Waals surface area contributed by atoms with E-state index in [1.54, 1.807) is 24.3 Å². The fraction of sp³-hybridized carbons (Fsp3) is 0.636. The van der Waals surface area contributed by atoms with Gasteiger partial charge in [0, 0.05) is 63.4 Å². The molecule has 30 heavy (non-hydrogen) atoms. The number of hydrogen-bond acceptors (Lipinski definition) is 5. The lowest BCUT2D eigenvalue weighted by Crippen LogP contribution is -2.56. The van der Waals surface area contributed by atoms with Crippen LogP contribution in [0.2, 0.25) is 5.02 Å². The van der Waals surface area contributed by atoms with Gasteiger partial charge < -0.3 is 14.5 Å². The van der Waals surface area contributed by atoms with Crippen LogP contribution in [-0.4, -0.2) is 103 Å². The molecular weight excluding hydrogens is 404 g/mol. The summed E-state index contributed by atoms with van der Waals surface area (Å²) in [4.78, 5) is 33.6. The van der Waals surface area contributed by atoms with Gasteiger partial charge in [-0.15, -0.1) is 0 Å². The van der Waals surface area contributed by atoms with E-state index in [9.17, 15) is 9.59 Å². The van der Waals surface area contributed by atoms with Gasteiger partial charge >= 0.3 is 0 Å². The van der Waals surface area contributed by atoms with Crippen LogP contribution in [0, 0.1) is 0 Å². The number of ether oxygens (including phenoxy) is 1. The predicted octanol–water partition coefficient (Wildman–Crippen LogP) is 1.56. The smallest absolute Gasteiger partial charge is 0.260 e. The van der Waals surface area contributed by atoms with Crippen molar-refractivity contribution in [1.29, 1.82) is 0 Å². The minimum Gasteiger partial charge on any atom is -0.484 e. The van der Waals surface area contributed by atoms with Crippen LogP contribution < -0.4 is 4.74 Å². The summed E-state index contributed by atoms with van der Waals surface area (Å²) in [5, 5.41) is 0.639. The van der Waals surface area contributed by atoms with Gasteiger partial charge in [-0.3, -0.25) is 19.4 Å². The van der Waals surface area contributed by atoms with Crippen LogP contribution in [-0.2, 0) is 9.59 Å². The number of halogens is 1. The van der Waals surface area contributed by atoms with Crippen LogP contribution in [0.4, 0.5) is 0 Å². The fourth-order valence-corrected chi connectivity index (χ4v) is 4.43. The molecule has 4 rings (SSSR count). The first kappa shape index (κ1) is 21.4. The average Bonchev–Trinajstić information content (AvgIpc) is 2.73. The lowest BCUT2D eigenvalue weighted by atomic mass is 9.91.